The quantitative estimate of drug-likeness (QED) is 0.689. The van der Waals surface area contributed by atoms with E-state index in [0.717, 1.165) is 24.3 Å². The largest absolute Gasteiger partial charge is 0.365 e. The first kappa shape index (κ1) is 13.9. The molecule has 0 bridgehead atoms. The van der Waals surface area contributed by atoms with Crippen molar-refractivity contribution >= 4 is 16.9 Å². The van der Waals surface area contributed by atoms with Gasteiger partial charge in [-0.05, 0) is 12.3 Å². The topological polar surface area (TPSA) is 24.4 Å². The minimum absolute atomic E-state index is 0.726. The fourth-order valence-electron chi connectivity index (χ4n) is 2.12. The Bertz CT molecular complexity index is 212. The Morgan fingerprint density at radius 3 is 2.69 bits per heavy atom. The third kappa shape index (κ3) is 4.36. The van der Waals surface area contributed by atoms with Crippen molar-refractivity contribution in [3.8, 4) is 0 Å². The lowest BCUT2D eigenvalue weighted by Crippen LogP contribution is -2.22. The van der Waals surface area contributed by atoms with Crippen molar-refractivity contribution in [3.63, 3.8) is 0 Å². The van der Waals surface area contributed by atoms with E-state index in [9.17, 15) is 0 Å². The molecule has 0 spiro atoms. The second-order valence-electron chi connectivity index (χ2n) is 4.51. The summed E-state index contributed by atoms with van der Waals surface area (Å²) in [4.78, 5) is 4.60. The molecular weight excluding hydrogens is 216 g/mol. The molecule has 1 unspecified atom stereocenters. The van der Waals surface area contributed by atoms with Gasteiger partial charge >= 0.3 is 0 Å². The van der Waals surface area contributed by atoms with Crippen LogP contribution >= 0.6 is 11.8 Å². The molecule has 2 nitrogen and oxygen atoms in total. The number of amidine groups is 1. The van der Waals surface area contributed by atoms with Crippen molar-refractivity contribution in [1.29, 1.82) is 0 Å². The molecule has 0 amide bonds. The number of nitrogens with one attached hydrogen (secondary N) is 1. The highest BCUT2D eigenvalue weighted by Crippen LogP contribution is 2.30. The second kappa shape index (κ2) is 7.99. The fraction of sp³-hybridized carbons (Fsp3) is 0.923. The summed E-state index contributed by atoms with van der Waals surface area (Å²) in [5, 5.41) is 5.38. The molecule has 0 aromatic heterocycles. The van der Waals surface area contributed by atoms with Crippen LogP contribution in [0.3, 0.4) is 0 Å². The lowest BCUT2D eigenvalue weighted by molar-refractivity contribution is 0.479. The lowest BCUT2D eigenvalue weighted by Gasteiger charge is -2.18. The van der Waals surface area contributed by atoms with Crippen LogP contribution < -0.4 is 5.32 Å². The number of hydrogen-bond acceptors (Lipinski definition) is 3. The van der Waals surface area contributed by atoms with E-state index in [2.05, 4.69) is 31.1 Å². The summed E-state index contributed by atoms with van der Waals surface area (Å²) < 4.78 is 0. The van der Waals surface area contributed by atoms with Crippen molar-refractivity contribution < 1.29 is 0 Å². The summed E-state index contributed by atoms with van der Waals surface area (Å²) in [6.45, 7) is 8.94. The molecule has 1 N–H and O–H groups in total. The predicted octanol–water partition coefficient (Wildman–Crippen LogP) is 3.67. The van der Waals surface area contributed by atoms with Crippen LogP contribution in [0.5, 0.6) is 0 Å². The Balaban J connectivity index is 2.18. The van der Waals surface area contributed by atoms with Gasteiger partial charge in [-0.2, -0.15) is 0 Å². The van der Waals surface area contributed by atoms with Crippen LogP contribution in [0.25, 0.3) is 0 Å². The van der Waals surface area contributed by atoms with Crippen LogP contribution in [0.4, 0.5) is 0 Å². The summed E-state index contributed by atoms with van der Waals surface area (Å²) >= 11 is 1.96. The fourth-order valence-corrected chi connectivity index (χ4v) is 3.47. The molecule has 94 valence electrons. The third-order valence-electron chi connectivity index (χ3n) is 3.31. The number of hydrogen-bond donors (Lipinski definition) is 1. The Morgan fingerprint density at radius 2 is 2.06 bits per heavy atom. The van der Waals surface area contributed by atoms with E-state index >= 15 is 0 Å². The highest BCUT2D eigenvalue weighted by atomic mass is 32.2. The molecule has 1 rings (SSSR count). The third-order valence-corrected chi connectivity index (χ3v) is 4.64. The summed E-state index contributed by atoms with van der Waals surface area (Å²) in [7, 11) is 0. The van der Waals surface area contributed by atoms with Crippen LogP contribution in [0.1, 0.15) is 52.9 Å². The number of nitrogens with zero attached hydrogens (tertiary/aromatic N) is 1. The maximum Gasteiger partial charge on any atom is 0.156 e. The summed E-state index contributed by atoms with van der Waals surface area (Å²) in [6, 6.07) is 0. The van der Waals surface area contributed by atoms with Crippen LogP contribution in [-0.4, -0.2) is 23.5 Å². The van der Waals surface area contributed by atoms with Gasteiger partial charge in [0, 0.05) is 11.8 Å². The molecule has 0 aromatic carbocycles. The predicted molar refractivity (Wildman–Crippen MR) is 75.3 cm³/mol. The standard InChI is InChI=1S/C13H26N2S/c1-4-7-8-9-14-13-15-10-12(16-13)11(5-2)6-3/h11-12H,4-10H2,1-3H3,(H,14,15). The van der Waals surface area contributed by atoms with Gasteiger partial charge in [0.15, 0.2) is 5.17 Å². The summed E-state index contributed by atoms with van der Waals surface area (Å²) in [6.07, 6.45) is 6.45. The van der Waals surface area contributed by atoms with E-state index in [1.165, 1.54) is 37.3 Å². The van der Waals surface area contributed by atoms with E-state index in [-0.39, 0.29) is 0 Å². The molecule has 0 saturated carbocycles. The Kier molecular flexibility index (Phi) is 6.93. The van der Waals surface area contributed by atoms with E-state index in [4.69, 9.17) is 0 Å². The molecular formula is C13H26N2S. The van der Waals surface area contributed by atoms with Crippen LogP contribution in [0.15, 0.2) is 4.99 Å². The van der Waals surface area contributed by atoms with Gasteiger partial charge in [0.25, 0.3) is 0 Å². The average Bonchev–Trinajstić information content (AvgIpc) is 2.75. The van der Waals surface area contributed by atoms with Gasteiger partial charge in [-0.1, -0.05) is 58.2 Å². The molecule has 16 heavy (non-hydrogen) atoms. The Labute approximate surface area is 105 Å². The van der Waals surface area contributed by atoms with E-state index in [1.807, 2.05) is 11.8 Å². The number of rotatable bonds is 7. The average molecular weight is 242 g/mol. The minimum Gasteiger partial charge on any atom is -0.365 e. The van der Waals surface area contributed by atoms with Crippen molar-refractivity contribution in [3.05, 3.63) is 0 Å². The van der Waals surface area contributed by atoms with E-state index in [0.29, 0.717) is 0 Å². The molecule has 0 radical (unpaired) electrons. The second-order valence-corrected chi connectivity index (χ2v) is 5.74. The maximum absolute atomic E-state index is 4.60. The molecule has 1 atom stereocenters. The van der Waals surface area contributed by atoms with Crippen molar-refractivity contribution in [1.82, 2.24) is 5.32 Å². The van der Waals surface area contributed by atoms with Gasteiger partial charge in [-0.25, -0.2) is 0 Å². The van der Waals surface area contributed by atoms with Crippen molar-refractivity contribution in [2.45, 2.75) is 58.1 Å². The zero-order valence-corrected chi connectivity index (χ0v) is 11.8. The Hall–Kier alpha value is -0.180. The molecule has 1 aliphatic heterocycles. The SMILES string of the molecule is CCCCCNC1=NCC(C(CC)CC)S1. The van der Waals surface area contributed by atoms with Crippen molar-refractivity contribution in [2.24, 2.45) is 10.9 Å². The monoisotopic (exact) mass is 242 g/mol. The molecule has 0 fully saturated rings. The molecule has 1 aliphatic rings. The van der Waals surface area contributed by atoms with Gasteiger partial charge in [0.05, 0.1) is 6.54 Å². The van der Waals surface area contributed by atoms with Gasteiger partial charge in [-0.15, -0.1) is 0 Å². The van der Waals surface area contributed by atoms with Crippen LogP contribution in [0.2, 0.25) is 0 Å². The number of thioether (sulfide) groups is 1. The lowest BCUT2D eigenvalue weighted by atomic mass is 9.99. The zero-order chi connectivity index (χ0) is 11.8. The zero-order valence-electron chi connectivity index (χ0n) is 11.0. The van der Waals surface area contributed by atoms with Crippen LogP contribution in [-0.2, 0) is 0 Å². The molecule has 1 heterocycles. The Morgan fingerprint density at radius 1 is 1.31 bits per heavy atom. The van der Waals surface area contributed by atoms with Crippen LogP contribution in [0, 0.1) is 5.92 Å². The molecule has 3 heteroatoms. The first-order valence-corrected chi connectivity index (χ1v) is 7.64. The van der Waals surface area contributed by atoms with Gasteiger partial charge in [-0.3, -0.25) is 4.99 Å². The van der Waals surface area contributed by atoms with Crippen molar-refractivity contribution in [2.75, 3.05) is 13.1 Å². The van der Waals surface area contributed by atoms with Gasteiger partial charge in [0.2, 0.25) is 0 Å². The molecule has 0 aliphatic carbocycles. The van der Waals surface area contributed by atoms with Gasteiger partial charge < -0.3 is 5.32 Å². The highest BCUT2D eigenvalue weighted by Gasteiger charge is 2.25. The summed E-state index contributed by atoms with van der Waals surface area (Å²) in [5.41, 5.74) is 0. The number of aliphatic imine (C=N–C) groups is 1. The minimum atomic E-state index is 0.726. The molecule has 0 saturated heterocycles. The summed E-state index contributed by atoms with van der Waals surface area (Å²) in [5.74, 6) is 0.837. The van der Waals surface area contributed by atoms with E-state index < -0.39 is 0 Å². The normalized spacial score (nSPS) is 20.2. The maximum atomic E-state index is 4.60. The smallest absolute Gasteiger partial charge is 0.156 e. The molecule has 0 aromatic rings. The van der Waals surface area contributed by atoms with Gasteiger partial charge in [0.1, 0.15) is 0 Å². The first-order valence-electron chi connectivity index (χ1n) is 6.76. The van der Waals surface area contributed by atoms with E-state index in [1.54, 1.807) is 0 Å². The first-order chi connectivity index (χ1) is 7.81. The highest BCUT2D eigenvalue weighted by molar-refractivity contribution is 8.14. The number of unbranched alkanes of at least 4 members (excludes halogenated alkanes) is 2.